The molecule has 0 saturated heterocycles. The van der Waals surface area contributed by atoms with Crippen molar-refractivity contribution in [3.8, 4) is 0 Å². The summed E-state index contributed by atoms with van der Waals surface area (Å²) in [6.45, 7) is 1.27. The molecule has 1 aliphatic carbocycles. The maximum atomic E-state index is 12.1. The predicted molar refractivity (Wildman–Crippen MR) is 127 cm³/mol. The maximum absolute atomic E-state index is 12.1. The van der Waals surface area contributed by atoms with Gasteiger partial charge in [-0.05, 0) is 79.6 Å². The topological polar surface area (TPSA) is 82.3 Å². The molecule has 1 saturated carbocycles. The highest BCUT2D eigenvalue weighted by molar-refractivity contribution is 7.80. The number of hydrogen-bond acceptors (Lipinski definition) is 4. The lowest BCUT2D eigenvalue weighted by Gasteiger charge is -2.29. The third-order valence-corrected chi connectivity index (χ3v) is 5.84. The molecule has 2 unspecified atom stereocenters. The van der Waals surface area contributed by atoms with Gasteiger partial charge in [0.2, 0.25) is 0 Å². The van der Waals surface area contributed by atoms with E-state index in [1.54, 1.807) is 0 Å². The molecule has 6 nitrogen and oxygen atoms in total. The van der Waals surface area contributed by atoms with E-state index in [0.717, 1.165) is 46.8 Å². The second kappa shape index (κ2) is 11.2. The Morgan fingerprint density at radius 1 is 0.733 bits per heavy atom. The molecule has 160 valence electrons. The minimum atomic E-state index is -0.200. The Morgan fingerprint density at radius 3 is 1.53 bits per heavy atom. The van der Waals surface area contributed by atoms with Gasteiger partial charge in [-0.25, -0.2) is 9.59 Å². The first-order valence-corrected chi connectivity index (χ1v) is 11.0. The van der Waals surface area contributed by atoms with Crippen LogP contribution in [0.2, 0.25) is 0 Å². The highest BCUT2D eigenvalue weighted by Gasteiger charge is 2.22. The fourth-order valence-electron chi connectivity index (χ4n) is 3.69. The van der Waals surface area contributed by atoms with Crippen molar-refractivity contribution in [2.45, 2.75) is 35.5 Å². The Kier molecular flexibility index (Phi) is 8.33. The van der Waals surface area contributed by atoms with Crippen molar-refractivity contribution in [2.24, 2.45) is 11.8 Å². The van der Waals surface area contributed by atoms with Gasteiger partial charge in [-0.1, -0.05) is 6.42 Å². The van der Waals surface area contributed by atoms with Crippen molar-refractivity contribution in [1.82, 2.24) is 10.6 Å². The lowest BCUT2D eigenvalue weighted by Crippen LogP contribution is -2.38. The molecule has 2 aromatic carbocycles. The zero-order valence-corrected chi connectivity index (χ0v) is 18.5. The van der Waals surface area contributed by atoms with Crippen LogP contribution in [-0.2, 0) is 0 Å². The third kappa shape index (κ3) is 7.50. The number of thiol groups is 2. The first kappa shape index (κ1) is 22.4. The molecule has 4 amide bonds. The van der Waals surface area contributed by atoms with E-state index >= 15 is 0 Å². The van der Waals surface area contributed by atoms with Crippen LogP contribution in [0.4, 0.5) is 21.0 Å². The van der Waals surface area contributed by atoms with E-state index in [0.29, 0.717) is 24.9 Å². The summed E-state index contributed by atoms with van der Waals surface area (Å²) in [5.41, 5.74) is 1.48. The number of carbonyl (C=O) groups excluding carboxylic acids is 2. The van der Waals surface area contributed by atoms with Crippen molar-refractivity contribution in [1.29, 1.82) is 0 Å². The van der Waals surface area contributed by atoms with Crippen LogP contribution in [0.1, 0.15) is 25.7 Å². The number of rotatable bonds is 6. The molecule has 0 spiro atoms. The number of urea groups is 2. The monoisotopic (exact) mass is 444 g/mol. The van der Waals surface area contributed by atoms with E-state index in [-0.39, 0.29) is 12.1 Å². The summed E-state index contributed by atoms with van der Waals surface area (Å²) < 4.78 is 0. The molecule has 30 heavy (non-hydrogen) atoms. The van der Waals surface area contributed by atoms with Gasteiger partial charge in [0.15, 0.2) is 0 Å². The Bertz CT molecular complexity index is 774. The average molecular weight is 445 g/mol. The van der Waals surface area contributed by atoms with Gasteiger partial charge in [0.25, 0.3) is 0 Å². The van der Waals surface area contributed by atoms with Gasteiger partial charge < -0.3 is 21.3 Å². The van der Waals surface area contributed by atoms with E-state index in [4.69, 9.17) is 0 Å². The molecule has 8 heteroatoms. The van der Waals surface area contributed by atoms with Gasteiger partial charge in [-0.2, -0.15) is 0 Å². The summed E-state index contributed by atoms with van der Waals surface area (Å²) in [5.74, 6) is 0.837. The maximum Gasteiger partial charge on any atom is 0.319 e. The number of anilines is 2. The van der Waals surface area contributed by atoms with Crippen molar-refractivity contribution < 1.29 is 9.59 Å². The smallest absolute Gasteiger partial charge is 0.319 e. The first-order valence-electron chi connectivity index (χ1n) is 10.2. The SMILES string of the molecule is O=C(NCC1CCCC(CNC(=O)Nc2ccc(S)cc2)C1)Nc1ccc(S)cc1. The van der Waals surface area contributed by atoms with E-state index in [9.17, 15) is 9.59 Å². The minimum absolute atomic E-state index is 0.200. The Hall–Kier alpha value is -2.32. The predicted octanol–water partition coefficient (Wildman–Crippen LogP) is 5.01. The molecule has 0 radical (unpaired) electrons. The Balaban J connectivity index is 1.36. The molecule has 0 aromatic heterocycles. The van der Waals surface area contributed by atoms with Gasteiger partial charge >= 0.3 is 12.1 Å². The summed E-state index contributed by atoms with van der Waals surface area (Å²) in [6.07, 6.45) is 4.28. The molecular weight excluding hydrogens is 416 g/mol. The summed E-state index contributed by atoms with van der Waals surface area (Å²) in [4.78, 5) is 25.9. The Morgan fingerprint density at radius 2 is 1.13 bits per heavy atom. The molecule has 1 aliphatic rings. The largest absolute Gasteiger partial charge is 0.338 e. The van der Waals surface area contributed by atoms with Gasteiger partial charge in [-0.15, -0.1) is 25.3 Å². The molecule has 0 heterocycles. The van der Waals surface area contributed by atoms with Crippen LogP contribution in [0.25, 0.3) is 0 Å². The number of carbonyl (C=O) groups is 2. The Labute approximate surface area is 188 Å². The van der Waals surface area contributed by atoms with Crippen LogP contribution in [0, 0.1) is 11.8 Å². The number of benzene rings is 2. The highest BCUT2D eigenvalue weighted by atomic mass is 32.1. The fraction of sp³-hybridized carbons (Fsp3) is 0.364. The van der Waals surface area contributed by atoms with Gasteiger partial charge in [-0.3, -0.25) is 0 Å². The fourth-order valence-corrected chi connectivity index (χ4v) is 3.99. The van der Waals surface area contributed by atoms with Crippen molar-refractivity contribution in [3.63, 3.8) is 0 Å². The second-order valence-electron chi connectivity index (χ2n) is 7.66. The standard InChI is InChI=1S/C22H28N4O2S2/c27-21(25-17-4-8-19(29)9-5-17)23-13-15-2-1-3-16(12-15)14-24-22(28)26-18-6-10-20(30)11-7-18/h4-11,15-16,29-30H,1-3,12-14H2,(H2,23,25,27)(H2,24,26,28). The van der Waals surface area contributed by atoms with Crippen molar-refractivity contribution >= 4 is 48.7 Å². The lowest BCUT2D eigenvalue weighted by molar-refractivity contribution is 0.230. The van der Waals surface area contributed by atoms with Crippen LogP contribution >= 0.6 is 25.3 Å². The molecule has 2 aromatic rings. The van der Waals surface area contributed by atoms with Crippen molar-refractivity contribution in [3.05, 3.63) is 48.5 Å². The molecule has 2 atom stereocenters. The molecule has 1 fully saturated rings. The van der Waals surface area contributed by atoms with Gasteiger partial charge in [0.1, 0.15) is 0 Å². The lowest BCUT2D eigenvalue weighted by atomic mass is 9.81. The summed E-state index contributed by atoms with van der Waals surface area (Å²) in [5, 5.41) is 11.6. The summed E-state index contributed by atoms with van der Waals surface area (Å²) in [6, 6.07) is 14.2. The first-order chi connectivity index (χ1) is 14.5. The molecule has 0 aliphatic heterocycles. The van der Waals surface area contributed by atoms with Crippen LogP contribution in [0.3, 0.4) is 0 Å². The number of amides is 4. The number of hydrogen-bond donors (Lipinski definition) is 6. The van der Waals surface area contributed by atoms with E-state index in [1.807, 2.05) is 48.5 Å². The van der Waals surface area contributed by atoms with Crippen LogP contribution in [0.15, 0.2) is 58.3 Å². The number of nitrogens with one attached hydrogen (secondary N) is 4. The average Bonchev–Trinajstić information content (AvgIpc) is 2.74. The van der Waals surface area contributed by atoms with E-state index in [1.165, 1.54) is 0 Å². The summed E-state index contributed by atoms with van der Waals surface area (Å²) >= 11 is 8.48. The normalized spacial score (nSPS) is 18.3. The molecular formula is C22H28N4O2S2. The third-order valence-electron chi connectivity index (χ3n) is 5.24. The zero-order valence-electron chi connectivity index (χ0n) is 16.7. The van der Waals surface area contributed by atoms with Crippen molar-refractivity contribution in [2.75, 3.05) is 23.7 Å². The quantitative estimate of drug-likeness (QED) is 0.354. The van der Waals surface area contributed by atoms with E-state index in [2.05, 4.69) is 46.5 Å². The van der Waals surface area contributed by atoms with Crippen LogP contribution in [0.5, 0.6) is 0 Å². The van der Waals surface area contributed by atoms with Crippen LogP contribution in [-0.4, -0.2) is 25.2 Å². The molecule has 4 N–H and O–H groups in total. The second-order valence-corrected chi connectivity index (χ2v) is 8.70. The van der Waals surface area contributed by atoms with Crippen LogP contribution < -0.4 is 21.3 Å². The summed E-state index contributed by atoms with van der Waals surface area (Å²) in [7, 11) is 0. The zero-order chi connectivity index (χ0) is 21.3. The van der Waals surface area contributed by atoms with Gasteiger partial charge in [0, 0.05) is 34.3 Å². The molecule has 3 rings (SSSR count). The minimum Gasteiger partial charge on any atom is -0.338 e. The highest BCUT2D eigenvalue weighted by Crippen LogP contribution is 2.28. The van der Waals surface area contributed by atoms with Gasteiger partial charge in [0.05, 0.1) is 0 Å². The molecule has 0 bridgehead atoms. The van der Waals surface area contributed by atoms with E-state index < -0.39 is 0 Å².